The molecule has 0 saturated carbocycles. The highest BCUT2D eigenvalue weighted by atomic mass is 31.2. The van der Waals surface area contributed by atoms with E-state index in [-0.39, 0.29) is 19.1 Å². The number of phosphoric ester groups is 1. The zero-order valence-electron chi connectivity index (χ0n) is 42.4. The van der Waals surface area contributed by atoms with Crippen molar-refractivity contribution in [2.45, 2.75) is 212 Å². The third-order valence-corrected chi connectivity index (χ3v) is 12.1. The second-order valence-corrected chi connectivity index (χ2v) is 20.0. The average molecular weight is 928 g/mol. The Kier molecular flexibility index (Phi) is 44.7. The topological polar surface area (TPSA) is 105 Å². The molecule has 0 bridgehead atoms. The fraction of sp³-hybridized carbons (Fsp3) is 0.696. The summed E-state index contributed by atoms with van der Waals surface area (Å²) in [6, 6.07) is -0.763. The van der Waals surface area contributed by atoms with Crippen LogP contribution in [0.1, 0.15) is 200 Å². The number of rotatable bonds is 46. The van der Waals surface area contributed by atoms with E-state index in [2.05, 4.69) is 116 Å². The number of hydrogen-bond donors (Lipinski definition) is 3. The number of unbranched alkanes of at least 4 members (excludes halogenated alkanes) is 17. The lowest BCUT2D eigenvalue weighted by atomic mass is 10.0. The van der Waals surface area contributed by atoms with Crippen molar-refractivity contribution in [3.8, 4) is 0 Å². The van der Waals surface area contributed by atoms with Crippen molar-refractivity contribution >= 4 is 13.7 Å². The van der Waals surface area contributed by atoms with Crippen LogP contribution in [0.15, 0.2) is 97.2 Å². The summed E-state index contributed by atoms with van der Waals surface area (Å²) < 4.78 is 23.5. The first-order valence-corrected chi connectivity index (χ1v) is 27.6. The molecular formula is C56H100N2O6P+. The first kappa shape index (κ1) is 62.4. The average Bonchev–Trinajstić information content (AvgIpc) is 3.26. The number of hydrogen-bond acceptors (Lipinski definition) is 5. The monoisotopic (exact) mass is 928 g/mol. The molecule has 0 spiro atoms. The highest BCUT2D eigenvalue weighted by Crippen LogP contribution is 2.43. The minimum absolute atomic E-state index is 0.0699. The van der Waals surface area contributed by atoms with Gasteiger partial charge < -0.3 is 19.8 Å². The minimum Gasteiger partial charge on any atom is -0.391 e. The van der Waals surface area contributed by atoms with Gasteiger partial charge in [-0.1, -0.05) is 214 Å². The third kappa shape index (κ3) is 49.2. The lowest BCUT2D eigenvalue weighted by Crippen LogP contribution is -2.46. The summed E-state index contributed by atoms with van der Waals surface area (Å²) >= 11 is 0. The predicted octanol–water partition coefficient (Wildman–Crippen LogP) is 15.5. The molecule has 0 aliphatic rings. The van der Waals surface area contributed by atoms with Crippen molar-refractivity contribution in [1.82, 2.24) is 5.32 Å². The van der Waals surface area contributed by atoms with Gasteiger partial charge in [0.2, 0.25) is 5.91 Å². The van der Waals surface area contributed by atoms with Gasteiger partial charge in [-0.2, -0.15) is 0 Å². The highest BCUT2D eigenvalue weighted by molar-refractivity contribution is 7.47. The largest absolute Gasteiger partial charge is 0.472 e. The number of amides is 1. The van der Waals surface area contributed by atoms with Crippen LogP contribution < -0.4 is 5.32 Å². The summed E-state index contributed by atoms with van der Waals surface area (Å²) in [7, 11) is 1.60. The quantitative estimate of drug-likeness (QED) is 0.0243. The number of phosphoric acid groups is 1. The molecule has 8 nitrogen and oxygen atoms in total. The fourth-order valence-corrected chi connectivity index (χ4v) is 7.74. The van der Waals surface area contributed by atoms with Gasteiger partial charge in [0.15, 0.2) is 0 Å². The molecule has 65 heavy (non-hydrogen) atoms. The minimum atomic E-state index is -4.31. The second-order valence-electron chi connectivity index (χ2n) is 18.5. The van der Waals surface area contributed by atoms with Crippen LogP contribution in [-0.4, -0.2) is 73.4 Å². The molecule has 0 aromatic rings. The summed E-state index contributed by atoms with van der Waals surface area (Å²) in [6.07, 6.45) is 66.4. The molecular weight excluding hydrogens is 828 g/mol. The van der Waals surface area contributed by atoms with Gasteiger partial charge in [-0.3, -0.25) is 13.8 Å². The molecule has 0 fully saturated rings. The molecule has 3 unspecified atom stereocenters. The highest BCUT2D eigenvalue weighted by Gasteiger charge is 2.28. The molecule has 0 aliphatic carbocycles. The number of carbonyl (C=O) groups excluding carboxylic acids is 1. The second kappa shape index (κ2) is 46.5. The summed E-state index contributed by atoms with van der Waals surface area (Å²) in [6.45, 7) is 4.69. The summed E-state index contributed by atoms with van der Waals surface area (Å²) in [5.74, 6) is -0.157. The number of likely N-dealkylation sites (N-methyl/N-ethyl adjacent to an activating group) is 1. The van der Waals surface area contributed by atoms with Gasteiger partial charge in [0.1, 0.15) is 13.2 Å². The molecule has 3 atom stereocenters. The summed E-state index contributed by atoms with van der Waals surface area (Å²) in [5.41, 5.74) is 0. The number of aliphatic hydroxyl groups is 1. The van der Waals surface area contributed by atoms with E-state index in [9.17, 15) is 19.4 Å². The number of nitrogens with one attached hydrogen (secondary N) is 1. The SMILES string of the molecule is CC/C=C\C/C=C\C/C=C\C/C=C\C/C=C\C/C=C\C/C=C\C/C=C\CCCCCCCCCCCCCCC(=O)NC(COP(=O)(O)OCC[N+](C)(C)C)C(O)CCCCCCCC. The van der Waals surface area contributed by atoms with Gasteiger partial charge in [0.25, 0.3) is 0 Å². The maximum Gasteiger partial charge on any atom is 0.472 e. The number of carbonyl (C=O) groups is 1. The Morgan fingerprint density at radius 2 is 0.923 bits per heavy atom. The maximum atomic E-state index is 12.8. The van der Waals surface area contributed by atoms with Crippen LogP contribution in [0, 0.1) is 0 Å². The van der Waals surface area contributed by atoms with Crippen molar-refractivity contribution in [3.63, 3.8) is 0 Å². The molecule has 0 rings (SSSR count). The number of quaternary nitrogens is 1. The van der Waals surface area contributed by atoms with E-state index >= 15 is 0 Å². The van der Waals surface area contributed by atoms with Crippen LogP contribution in [0.2, 0.25) is 0 Å². The molecule has 0 saturated heterocycles. The Morgan fingerprint density at radius 1 is 0.538 bits per heavy atom. The zero-order valence-corrected chi connectivity index (χ0v) is 43.3. The van der Waals surface area contributed by atoms with Crippen LogP contribution in [0.3, 0.4) is 0 Å². The van der Waals surface area contributed by atoms with Crippen molar-refractivity contribution in [2.75, 3.05) is 40.9 Å². The molecule has 0 aliphatic heterocycles. The smallest absolute Gasteiger partial charge is 0.391 e. The third-order valence-electron chi connectivity index (χ3n) is 11.1. The van der Waals surface area contributed by atoms with Crippen molar-refractivity contribution in [1.29, 1.82) is 0 Å². The Hall–Kier alpha value is -2.58. The predicted molar refractivity (Wildman–Crippen MR) is 281 cm³/mol. The lowest BCUT2D eigenvalue weighted by molar-refractivity contribution is -0.870. The van der Waals surface area contributed by atoms with E-state index in [1.54, 1.807) is 0 Å². The van der Waals surface area contributed by atoms with Gasteiger partial charge in [0.05, 0.1) is 39.9 Å². The van der Waals surface area contributed by atoms with E-state index in [0.717, 1.165) is 89.9 Å². The standard InChI is InChI=1S/C56H99N2O6P/c1-6-8-10-12-14-15-16-17-18-19-20-21-22-23-24-25-26-27-28-29-30-31-32-33-34-35-36-37-38-39-40-41-42-43-44-46-48-50-56(60)57-54(55(59)49-47-45-13-11-9-7-2)53-64-65(61,62)63-52-51-58(3,4)5/h8,10,14-15,17-18,20-21,23-24,26-27,29-30,32-33,54-55,59H,6-7,9,11-13,16,19,22,25,28,31,34-53H2,1-5H3,(H-,57,60,61,62)/p+1/b10-8-,15-14-,18-17-,21-20-,24-23-,27-26-,30-29-,33-32-. The molecule has 9 heteroatoms. The molecule has 374 valence electrons. The molecule has 1 amide bonds. The van der Waals surface area contributed by atoms with Gasteiger partial charge in [-0.25, -0.2) is 4.57 Å². The van der Waals surface area contributed by atoms with Crippen LogP contribution in [0.25, 0.3) is 0 Å². The van der Waals surface area contributed by atoms with Gasteiger partial charge in [0, 0.05) is 6.42 Å². The Morgan fingerprint density at radius 3 is 1.35 bits per heavy atom. The van der Waals surface area contributed by atoms with Gasteiger partial charge in [-0.15, -0.1) is 0 Å². The van der Waals surface area contributed by atoms with Crippen molar-refractivity contribution < 1.29 is 32.9 Å². The lowest BCUT2D eigenvalue weighted by Gasteiger charge is -2.26. The fourth-order valence-electron chi connectivity index (χ4n) is 7.00. The van der Waals surface area contributed by atoms with Crippen LogP contribution in [-0.2, 0) is 18.4 Å². The molecule has 0 radical (unpaired) electrons. The van der Waals surface area contributed by atoms with Crippen LogP contribution in [0.4, 0.5) is 0 Å². The first-order valence-electron chi connectivity index (χ1n) is 26.1. The van der Waals surface area contributed by atoms with Gasteiger partial charge >= 0.3 is 7.82 Å². The summed E-state index contributed by atoms with van der Waals surface area (Å²) in [4.78, 5) is 23.1. The molecule has 0 aromatic heterocycles. The zero-order chi connectivity index (χ0) is 47.8. The summed E-state index contributed by atoms with van der Waals surface area (Å²) in [5, 5.41) is 13.8. The number of allylic oxidation sites excluding steroid dienone is 16. The van der Waals surface area contributed by atoms with E-state index < -0.39 is 20.0 Å². The Balaban J connectivity index is 3.92. The normalized spacial score (nSPS) is 14.9. The van der Waals surface area contributed by atoms with Gasteiger partial charge in [-0.05, 0) is 77.0 Å². The molecule has 3 N–H and O–H groups in total. The molecule has 0 aromatic carbocycles. The first-order chi connectivity index (χ1) is 31.5. The van der Waals surface area contributed by atoms with Crippen molar-refractivity contribution in [2.24, 2.45) is 0 Å². The van der Waals surface area contributed by atoms with E-state index in [4.69, 9.17) is 9.05 Å². The number of nitrogens with zero attached hydrogens (tertiary/aromatic N) is 1. The van der Waals surface area contributed by atoms with E-state index in [1.165, 1.54) is 83.5 Å². The van der Waals surface area contributed by atoms with Crippen LogP contribution >= 0.6 is 7.82 Å². The molecule has 0 heterocycles. The number of aliphatic hydroxyl groups excluding tert-OH is 1. The maximum absolute atomic E-state index is 12.8. The Bertz CT molecular complexity index is 1370. The Labute approximate surface area is 400 Å². The van der Waals surface area contributed by atoms with E-state index in [1.807, 2.05) is 21.1 Å². The van der Waals surface area contributed by atoms with Crippen molar-refractivity contribution in [3.05, 3.63) is 97.2 Å². The van der Waals surface area contributed by atoms with Crippen LogP contribution in [0.5, 0.6) is 0 Å². The van der Waals surface area contributed by atoms with E-state index in [0.29, 0.717) is 23.9 Å².